The molecule has 2 rings (SSSR count). The Kier molecular flexibility index (Phi) is 3.93. The quantitative estimate of drug-likeness (QED) is 0.638. The number of carbonyl (C=O) groups excluding carboxylic acids is 1. The summed E-state index contributed by atoms with van der Waals surface area (Å²) in [6.07, 6.45) is 5.85. The molecule has 1 aliphatic rings. The van der Waals surface area contributed by atoms with E-state index in [9.17, 15) is 4.79 Å². The van der Waals surface area contributed by atoms with Crippen molar-refractivity contribution in [1.29, 1.82) is 0 Å². The summed E-state index contributed by atoms with van der Waals surface area (Å²) in [5.41, 5.74) is 0. The van der Waals surface area contributed by atoms with E-state index in [0.717, 1.165) is 32.5 Å². The minimum absolute atomic E-state index is 0.217. The van der Waals surface area contributed by atoms with E-state index in [1.165, 1.54) is 0 Å². The van der Waals surface area contributed by atoms with Crippen LogP contribution >= 0.6 is 0 Å². The maximum Gasteiger partial charge on any atom is 0.223 e. The summed E-state index contributed by atoms with van der Waals surface area (Å²) >= 11 is 0. The van der Waals surface area contributed by atoms with Crippen LogP contribution in [-0.2, 0) is 11.3 Å². The molecule has 1 amide bonds. The highest BCUT2D eigenvalue weighted by Gasteiger charge is 2.28. The van der Waals surface area contributed by atoms with Crippen LogP contribution in [0.25, 0.3) is 0 Å². The summed E-state index contributed by atoms with van der Waals surface area (Å²) in [5, 5.41) is 10.3. The zero-order valence-corrected chi connectivity index (χ0v) is 9.35. The van der Waals surface area contributed by atoms with Crippen LogP contribution in [0.4, 0.5) is 0 Å². The van der Waals surface area contributed by atoms with Crippen LogP contribution < -0.4 is 10.6 Å². The number of amides is 1. The van der Waals surface area contributed by atoms with Gasteiger partial charge in [0.2, 0.25) is 5.91 Å². The fraction of sp³-hybridized carbons (Fsp3) is 0.636. The Bertz CT molecular complexity index is 319. The lowest BCUT2D eigenvalue weighted by atomic mass is 10.4. The van der Waals surface area contributed by atoms with Gasteiger partial charge in [0.1, 0.15) is 0 Å². The number of carbonyl (C=O) groups is 1. The normalized spacial score (nSPS) is 15.0. The van der Waals surface area contributed by atoms with Gasteiger partial charge in [-0.1, -0.05) is 0 Å². The van der Waals surface area contributed by atoms with Gasteiger partial charge in [-0.2, -0.15) is 5.10 Å². The van der Waals surface area contributed by atoms with Crippen molar-refractivity contribution in [3.8, 4) is 0 Å². The Morgan fingerprint density at radius 1 is 1.38 bits per heavy atom. The van der Waals surface area contributed by atoms with Gasteiger partial charge in [-0.15, -0.1) is 0 Å². The van der Waals surface area contributed by atoms with Crippen LogP contribution in [0, 0.1) is 5.92 Å². The van der Waals surface area contributed by atoms with Crippen molar-refractivity contribution in [2.75, 3.05) is 19.6 Å². The average molecular weight is 222 g/mol. The molecule has 5 nitrogen and oxygen atoms in total. The van der Waals surface area contributed by atoms with Gasteiger partial charge >= 0.3 is 0 Å². The van der Waals surface area contributed by atoms with Crippen LogP contribution in [0.15, 0.2) is 18.5 Å². The maximum atomic E-state index is 11.3. The third-order valence-electron chi connectivity index (χ3n) is 2.63. The van der Waals surface area contributed by atoms with Crippen LogP contribution in [0.3, 0.4) is 0 Å². The van der Waals surface area contributed by atoms with Crippen LogP contribution in [-0.4, -0.2) is 35.3 Å². The van der Waals surface area contributed by atoms with Crippen molar-refractivity contribution in [3.63, 3.8) is 0 Å². The number of nitrogens with zero attached hydrogens (tertiary/aromatic N) is 2. The molecular formula is C11H18N4O. The molecule has 1 aromatic heterocycles. The standard InChI is InChI=1S/C11H18N4O/c16-11(10-2-3-10)13-6-5-12-7-9-15-8-1-4-14-15/h1,4,8,10,12H,2-3,5-7,9H2,(H,13,16). The van der Waals surface area contributed by atoms with Gasteiger partial charge in [-0.05, 0) is 18.9 Å². The third-order valence-corrected chi connectivity index (χ3v) is 2.63. The summed E-state index contributed by atoms with van der Waals surface area (Å²) in [4.78, 5) is 11.3. The first kappa shape index (κ1) is 11.1. The first-order chi connectivity index (χ1) is 7.86. The predicted molar refractivity (Wildman–Crippen MR) is 60.8 cm³/mol. The molecule has 5 heteroatoms. The van der Waals surface area contributed by atoms with Crippen molar-refractivity contribution in [1.82, 2.24) is 20.4 Å². The smallest absolute Gasteiger partial charge is 0.223 e. The van der Waals surface area contributed by atoms with Gasteiger partial charge in [0, 0.05) is 37.9 Å². The Hall–Kier alpha value is -1.36. The number of aromatic nitrogens is 2. The Morgan fingerprint density at radius 3 is 2.94 bits per heavy atom. The third kappa shape index (κ3) is 3.66. The van der Waals surface area contributed by atoms with Crippen LogP contribution in [0.1, 0.15) is 12.8 Å². The lowest BCUT2D eigenvalue weighted by molar-refractivity contribution is -0.122. The molecule has 0 bridgehead atoms. The maximum absolute atomic E-state index is 11.3. The van der Waals surface area contributed by atoms with E-state index in [0.29, 0.717) is 12.5 Å². The van der Waals surface area contributed by atoms with E-state index in [1.807, 2.05) is 16.9 Å². The van der Waals surface area contributed by atoms with Crippen LogP contribution in [0.2, 0.25) is 0 Å². The van der Waals surface area contributed by atoms with E-state index in [2.05, 4.69) is 15.7 Å². The van der Waals surface area contributed by atoms with E-state index < -0.39 is 0 Å². The Morgan fingerprint density at radius 2 is 2.25 bits per heavy atom. The summed E-state index contributed by atoms with van der Waals surface area (Å²) in [6, 6.07) is 1.91. The highest BCUT2D eigenvalue weighted by molar-refractivity contribution is 5.80. The van der Waals surface area contributed by atoms with Crippen molar-refractivity contribution in [2.45, 2.75) is 19.4 Å². The molecule has 1 aromatic rings. The molecule has 1 aliphatic carbocycles. The van der Waals surface area contributed by atoms with Gasteiger partial charge in [-0.25, -0.2) is 0 Å². The fourth-order valence-electron chi connectivity index (χ4n) is 1.52. The van der Waals surface area contributed by atoms with Crippen molar-refractivity contribution in [2.24, 2.45) is 5.92 Å². The largest absolute Gasteiger partial charge is 0.355 e. The topological polar surface area (TPSA) is 59.0 Å². The summed E-state index contributed by atoms with van der Waals surface area (Å²) in [6.45, 7) is 3.28. The van der Waals surface area contributed by atoms with E-state index in [1.54, 1.807) is 6.20 Å². The van der Waals surface area contributed by atoms with Gasteiger partial charge in [0.25, 0.3) is 0 Å². The molecule has 0 spiro atoms. The second-order valence-corrected chi connectivity index (χ2v) is 4.08. The molecule has 88 valence electrons. The first-order valence-corrected chi connectivity index (χ1v) is 5.82. The highest BCUT2D eigenvalue weighted by atomic mass is 16.2. The molecule has 0 aliphatic heterocycles. The summed E-state index contributed by atoms with van der Waals surface area (Å²) < 4.78 is 1.88. The molecule has 2 N–H and O–H groups in total. The van der Waals surface area contributed by atoms with Gasteiger partial charge in [0.15, 0.2) is 0 Å². The predicted octanol–water partition coefficient (Wildman–Crippen LogP) is -0.00110. The number of hydrogen-bond acceptors (Lipinski definition) is 3. The SMILES string of the molecule is O=C(NCCNCCn1cccn1)C1CC1. The molecule has 0 atom stereocenters. The molecule has 0 saturated heterocycles. The molecular weight excluding hydrogens is 204 g/mol. The Balaban J connectivity index is 1.44. The molecule has 16 heavy (non-hydrogen) atoms. The Labute approximate surface area is 95.2 Å². The van der Waals surface area contributed by atoms with Crippen molar-refractivity contribution in [3.05, 3.63) is 18.5 Å². The molecule has 0 radical (unpaired) electrons. The monoisotopic (exact) mass is 222 g/mol. The average Bonchev–Trinajstić information content (AvgIpc) is 3.02. The lowest BCUT2D eigenvalue weighted by Crippen LogP contribution is -2.33. The lowest BCUT2D eigenvalue weighted by Gasteiger charge is -2.06. The zero-order valence-electron chi connectivity index (χ0n) is 9.35. The van der Waals surface area contributed by atoms with Crippen molar-refractivity contribution < 1.29 is 4.79 Å². The first-order valence-electron chi connectivity index (χ1n) is 5.82. The van der Waals surface area contributed by atoms with E-state index >= 15 is 0 Å². The van der Waals surface area contributed by atoms with E-state index in [-0.39, 0.29) is 5.91 Å². The zero-order chi connectivity index (χ0) is 11.2. The minimum atomic E-state index is 0.217. The van der Waals surface area contributed by atoms with Gasteiger partial charge in [-0.3, -0.25) is 9.48 Å². The minimum Gasteiger partial charge on any atom is -0.355 e. The number of rotatable bonds is 7. The second kappa shape index (κ2) is 5.65. The van der Waals surface area contributed by atoms with Gasteiger partial charge in [0.05, 0.1) is 6.54 Å². The molecule has 0 aromatic carbocycles. The number of nitrogens with one attached hydrogen (secondary N) is 2. The number of hydrogen-bond donors (Lipinski definition) is 2. The van der Waals surface area contributed by atoms with Crippen LogP contribution in [0.5, 0.6) is 0 Å². The highest BCUT2D eigenvalue weighted by Crippen LogP contribution is 2.28. The molecule has 1 heterocycles. The van der Waals surface area contributed by atoms with E-state index in [4.69, 9.17) is 0 Å². The second-order valence-electron chi connectivity index (χ2n) is 4.08. The summed E-state index contributed by atoms with van der Waals surface area (Å²) in [5.74, 6) is 0.526. The van der Waals surface area contributed by atoms with Crippen molar-refractivity contribution >= 4 is 5.91 Å². The molecule has 1 fully saturated rings. The molecule has 1 saturated carbocycles. The van der Waals surface area contributed by atoms with Gasteiger partial charge < -0.3 is 10.6 Å². The molecule has 0 unspecified atom stereocenters. The fourth-order valence-corrected chi connectivity index (χ4v) is 1.52. The summed E-state index contributed by atoms with van der Waals surface area (Å²) in [7, 11) is 0.